The predicted octanol–water partition coefficient (Wildman–Crippen LogP) is 1.85. The summed E-state index contributed by atoms with van der Waals surface area (Å²) in [6.45, 7) is 10.6. The molecular formula is C13H21N3O2. The van der Waals surface area contributed by atoms with Crippen LogP contribution in [0.5, 0.6) is 0 Å². The third-order valence-corrected chi connectivity index (χ3v) is 3.64. The molecular weight excluding hydrogens is 230 g/mol. The third kappa shape index (κ3) is 2.21. The highest BCUT2D eigenvalue weighted by Gasteiger charge is 2.31. The van der Waals surface area contributed by atoms with Gasteiger partial charge in [0.05, 0.1) is 19.2 Å². The normalized spacial score (nSPS) is 23.8. The topological polar surface area (TPSA) is 45.1 Å². The van der Waals surface area contributed by atoms with E-state index in [2.05, 4.69) is 23.7 Å². The number of aliphatic imine (C=N–C) groups is 1. The molecule has 1 fully saturated rings. The first-order chi connectivity index (χ1) is 8.54. The predicted molar refractivity (Wildman–Crippen MR) is 70.6 cm³/mol. The van der Waals surface area contributed by atoms with Gasteiger partial charge in [0, 0.05) is 18.8 Å². The van der Waals surface area contributed by atoms with Crippen molar-refractivity contribution in [3.63, 3.8) is 0 Å². The first kappa shape index (κ1) is 12.9. The fourth-order valence-corrected chi connectivity index (χ4v) is 2.45. The van der Waals surface area contributed by atoms with Crippen LogP contribution in [0.1, 0.15) is 27.7 Å². The van der Waals surface area contributed by atoms with E-state index in [0.717, 1.165) is 12.4 Å². The standard InChI is InChI=1S/C13H21N3O2/c1-5-18-13(17)15-6-7-16-11(4)14-10(3)9(2)12(16)8-15/h10H,5-8H2,1-4H3. The maximum Gasteiger partial charge on any atom is 0.410 e. The zero-order valence-electron chi connectivity index (χ0n) is 11.6. The number of carbonyl (C=O) groups is 1. The SMILES string of the molecule is CCOC(=O)N1CCN2C(C)=NC(C)C(C)=C2C1. The molecule has 0 N–H and O–H groups in total. The van der Waals surface area contributed by atoms with E-state index in [9.17, 15) is 4.79 Å². The summed E-state index contributed by atoms with van der Waals surface area (Å²) in [6, 6.07) is 0.207. The van der Waals surface area contributed by atoms with E-state index in [0.29, 0.717) is 19.7 Å². The van der Waals surface area contributed by atoms with E-state index in [1.807, 2.05) is 13.8 Å². The van der Waals surface area contributed by atoms with Gasteiger partial charge in [-0.15, -0.1) is 0 Å². The molecule has 1 saturated heterocycles. The highest BCUT2D eigenvalue weighted by atomic mass is 16.6. The third-order valence-electron chi connectivity index (χ3n) is 3.64. The fourth-order valence-electron chi connectivity index (χ4n) is 2.45. The molecule has 0 aromatic heterocycles. The van der Waals surface area contributed by atoms with Crippen LogP contribution in [0, 0.1) is 0 Å². The van der Waals surface area contributed by atoms with Gasteiger partial charge in [-0.25, -0.2) is 4.79 Å². The van der Waals surface area contributed by atoms with Gasteiger partial charge in [-0.05, 0) is 33.3 Å². The van der Waals surface area contributed by atoms with Gasteiger partial charge in [0.1, 0.15) is 5.84 Å². The van der Waals surface area contributed by atoms with E-state index < -0.39 is 0 Å². The van der Waals surface area contributed by atoms with Crippen LogP contribution >= 0.6 is 0 Å². The number of rotatable bonds is 1. The van der Waals surface area contributed by atoms with Crippen molar-refractivity contribution in [1.82, 2.24) is 9.80 Å². The molecule has 1 amide bonds. The summed E-state index contributed by atoms with van der Waals surface area (Å²) in [7, 11) is 0. The molecule has 2 heterocycles. The second kappa shape index (κ2) is 5.00. The van der Waals surface area contributed by atoms with Crippen LogP contribution in [0.15, 0.2) is 16.3 Å². The minimum absolute atomic E-state index is 0.207. The summed E-state index contributed by atoms with van der Waals surface area (Å²) < 4.78 is 5.07. The van der Waals surface area contributed by atoms with Crippen LogP contribution in [-0.2, 0) is 4.74 Å². The van der Waals surface area contributed by atoms with Gasteiger partial charge in [-0.1, -0.05) is 0 Å². The van der Waals surface area contributed by atoms with E-state index >= 15 is 0 Å². The first-order valence-electron chi connectivity index (χ1n) is 6.47. The minimum atomic E-state index is -0.217. The lowest BCUT2D eigenvalue weighted by atomic mass is 10.0. The minimum Gasteiger partial charge on any atom is -0.450 e. The Bertz CT molecular complexity index is 414. The number of amides is 1. The summed E-state index contributed by atoms with van der Waals surface area (Å²) in [4.78, 5) is 20.4. The summed E-state index contributed by atoms with van der Waals surface area (Å²) in [5.74, 6) is 1.05. The van der Waals surface area contributed by atoms with E-state index in [4.69, 9.17) is 4.74 Å². The molecule has 100 valence electrons. The van der Waals surface area contributed by atoms with Crippen molar-refractivity contribution < 1.29 is 9.53 Å². The van der Waals surface area contributed by atoms with Crippen LogP contribution in [-0.4, -0.2) is 54.0 Å². The Morgan fingerprint density at radius 3 is 2.83 bits per heavy atom. The van der Waals surface area contributed by atoms with Crippen LogP contribution in [0.2, 0.25) is 0 Å². The Morgan fingerprint density at radius 1 is 1.44 bits per heavy atom. The maximum atomic E-state index is 11.8. The smallest absolute Gasteiger partial charge is 0.410 e. The molecule has 0 bridgehead atoms. The number of nitrogens with zero attached hydrogens (tertiary/aromatic N) is 3. The summed E-state index contributed by atoms with van der Waals surface area (Å²) in [5, 5.41) is 0. The van der Waals surface area contributed by atoms with Crippen molar-refractivity contribution in [3.8, 4) is 0 Å². The Kier molecular flexibility index (Phi) is 3.59. The highest BCUT2D eigenvalue weighted by molar-refractivity contribution is 5.84. The average molecular weight is 251 g/mol. The van der Waals surface area contributed by atoms with Gasteiger partial charge in [-0.2, -0.15) is 0 Å². The van der Waals surface area contributed by atoms with Crippen molar-refractivity contribution >= 4 is 11.9 Å². The van der Waals surface area contributed by atoms with Gasteiger partial charge < -0.3 is 14.5 Å². The van der Waals surface area contributed by atoms with E-state index in [1.165, 1.54) is 11.3 Å². The molecule has 5 nitrogen and oxygen atoms in total. The molecule has 0 radical (unpaired) electrons. The maximum absolute atomic E-state index is 11.8. The van der Waals surface area contributed by atoms with Gasteiger partial charge in [0.2, 0.25) is 0 Å². The second-order valence-corrected chi connectivity index (χ2v) is 4.75. The second-order valence-electron chi connectivity index (χ2n) is 4.75. The molecule has 0 saturated carbocycles. The van der Waals surface area contributed by atoms with E-state index in [1.54, 1.807) is 4.90 Å². The Morgan fingerprint density at radius 2 is 2.17 bits per heavy atom. The molecule has 2 aliphatic rings. The Balaban J connectivity index is 2.17. The molecule has 0 aliphatic carbocycles. The molecule has 18 heavy (non-hydrogen) atoms. The van der Waals surface area contributed by atoms with Gasteiger partial charge >= 0.3 is 6.09 Å². The Hall–Kier alpha value is -1.52. The molecule has 0 spiro atoms. The number of piperazine rings is 1. The van der Waals surface area contributed by atoms with Crippen molar-refractivity contribution in [3.05, 3.63) is 11.3 Å². The van der Waals surface area contributed by atoms with Crippen LogP contribution in [0.3, 0.4) is 0 Å². The number of fused-ring (bicyclic) bond motifs is 1. The quantitative estimate of drug-likeness (QED) is 0.714. The Labute approximate surface area is 108 Å². The number of hydrogen-bond donors (Lipinski definition) is 0. The largest absolute Gasteiger partial charge is 0.450 e. The van der Waals surface area contributed by atoms with Gasteiger partial charge in [0.25, 0.3) is 0 Å². The van der Waals surface area contributed by atoms with Gasteiger partial charge in [-0.3, -0.25) is 4.99 Å². The van der Waals surface area contributed by atoms with Crippen molar-refractivity contribution in [2.24, 2.45) is 4.99 Å². The highest BCUT2D eigenvalue weighted by Crippen LogP contribution is 2.25. The zero-order valence-corrected chi connectivity index (χ0v) is 11.6. The summed E-state index contributed by atoms with van der Waals surface area (Å²) in [5.41, 5.74) is 2.45. The monoisotopic (exact) mass is 251 g/mol. The number of carbonyl (C=O) groups excluding carboxylic acids is 1. The molecule has 1 atom stereocenters. The van der Waals surface area contributed by atoms with E-state index in [-0.39, 0.29) is 12.1 Å². The lowest BCUT2D eigenvalue weighted by molar-refractivity contribution is 0.0993. The van der Waals surface area contributed by atoms with Gasteiger partial charge in [0.15, 0.2) is 0 Å². The van der Waals surface area contributed by atoms with Crippen molar-refractivity contribution in [2.45, 2.75) is 33.7 Å². The lowest BCUT2D eigenvalue weighted by Gasteiger charge is -2.41. The van der Waals surface area contributed by atoms with Crippen LogP contribution < -0.4 is 0 Å². The molecule has 2 aliphatic heterocycles. The van der Waals surface area contributed by atoms with Crippen LogP contribution in [0.25, 0.3) is 0 Å². The summed E-state index contributed by atoms with van der Waals surface area (Å²) in [6.07, 6.45) is -0.217. The number of ether oxygens (including phenoxy) is 1. The molecule has 0 aromatic rings. The average Bonchev–Trinajstić information content (AvgIpc) is 2.36. The van der Waals surface area contributed by atoms with Crippen LogP contribution in [0.4, 0.5) is 4.79 Å². The molecule has 0 aromatic carbocycles. The molecule has 1 unspecified atom stereocenters. The first-order valence-corrected chi connectivity index (χ1v) is 6.47. The lowest BCUT2D eigenvalue weighted by Crippen LogP contribution is -2.51. The fraction of sp³-hybridized carbons (Fsp3) is 0.692. The van der Waals surface area contributed by atoms with Crippen molar-refractivity contribution in [1.29, 1.82) is 0 Å². The number of amidine groups is 1. The zero-order chi connectivity index (χ0) is 13.3. The summed E-state index contributed by atoms with van der Waals surface area (Å²) >= 11 is 0. The number of hydrogen-bond acceptors (Lipinski definition) is 4. The van der Waals surface area contributed by atoms with Crippen molar-refractivity contribution in [2.75, 3.05) is 26.2 Å². The molecule has 2 rings (SSSR count). The molecule has 5 heteroatoms.